The van der Waals surface area contributed by atoms with E-state index in [1.54, 1.807) is 20.0 Å². The predicted octanol–water partition coefficient (Wildman–Crippen LogP) is 4.13. The maximum Gasteiger partial charge on any atom is 0.240 e. The van der Waals surface area contributed by atoms with Crippen LogP contribution in [0.2, 0.25) is 0 Å². The number of aromatic nitrogens is 1. The first kappa shape index (κ1) is 15.8. The molecule has 0 saturated carbocycles. The Balaban J connectivity index is 2.45. The summed E-state index contributed by atoms with van der Waals surface area (Å²) in [4.78, 5) is 16.5. The minimum Gasteiger partial charge on any atom is -0.489 e. The standard InChI is InChI=1S/C16H19BrN2O2/c1-10(2)21-13-8-7-12(19-15(20)16(3,4)17)11-6-5-9-18-14(11)13/h5-10H,1-4H3,(H,19,20). The number of benzene rings is 1. The molecule has 2 rings (SSSR count). The Kier molecular flexibility index (Phi) is 4.52. The summed E-state index contributed by atoms with van der Waals surface area (Å²) in [5.41, 5.74) is 1.48. The second-order valence-electron chi connectivity index (χ2n) is 5.60. The van der Waals surface area contributed by atoms with E-state index in [0.29, 0.717) is 0 Å². The molecule has 0 aliphatic carbocycles. The lowest BCUT2D eigenvalue weighted by atomic mass is 10.1. The van der Waals surface area contributed by atoms with Gasteiger partial charge in [-0.3, -0.25) is 9.78 Å². The number of rotatable bonds is 4. The molecule has 1 aromatic heterocycles. The van der Waals surface area contributed by atoms with Crippen LogP contribution in [-0.4, -0.2) is 21.3 Å². The maximum absolute atomic E-state index is 12.1. The molecule has 0 saturated heterocycles. The number of hydrogen-bond donors (Lipinski definition) is 1. The average molecular weight is 351 g/mol. The predicted molar refractivity (Wildman–Crippen MR) is 89.1 cm³/mol. The highest BCUT2D eigenvalue weighted by atomic mass is 79.9. The second-order valence-corrected chi connectivity index (χ2v) is 7.59. The fraction of sp³-hybridized carbons (Fsp3) is 0.375. The van der Waals surface area contributed by atoms with Crippen LogP contribution in [0, 0.1) is 0 Å². The van der Waals surface area contributed by atoms with Crippen molar-refractivity contribution in [1.29, 1.82) is 0 Å². The Morgan fingerprint density at radius 2 is 2.05 bits per heavy atom. The van der Waals surface area contributed by atoms with E-state index in [-0.39, 0.29) is 12.0 Å². The van der Waals surface area contributed by atoms with E-state index in [2.05, 4.69) is 26.2 Å². The Bertz CT molecular complexity index is 663. The lowest BCUT2D eigenvalue weighted by Crippen LogP contribution is -2.31. The van der Waals surface area contributed by atoms with Crippen LogP contribution in [0.15, 0.2) is 30.5 Å². The zero-order valence-electron chi connectivity index (χ0n) is 12.6. The minimum absolute atomic E-state index is 0.0668. The van der Waals surface area contributed by atoms with Crippen molar-refractivity contribution >= 4 is 38.4 Å². The van der Waals surface area contributed by atoms with Gasteiger partial charge in [0.2, 0.25) is 5.91 Å². The van der Waals surface area contributed by atoms with Gasteiger partial charge in [-0.05, 0) is 52.0 Å². The van der Waals surface area contributed by atoms with Crippen LogP contribution < -0.4 is 10.1 Å². The number of carbonyl (C=O) groups is 1. The molecule has 112 valence electrons. The summed E-state index contributed by atoms with van der Waals surface area (Å²) in [6.45, 7) is 7.55. The Morgan fingerprint density at radius 1 is 1.33 bits per heavy atom. The third-order valence-corrected chi connectivity index (χ3v) is 3.24. The van der Waals surface area contributed by atoms with Crippen molar-refractivity contribution in [1.82, 2.24) is 4.98 Å². The molecule has 1 aromatic carbocycles. The molecule has 1 heterocycles. The molecule has 0 aliphatic heterocycles. The van der Waals surface area contributed by atoms with Crippen molar-refractivity contribution in [2.24, 2.45) is 0 Å². The summed E-state index contributed by atoms with van der Waals surface area (Å²) >= 11 is 3.36. The van der Waals surface area contributed by atoms with Gasteiger partial charge in [-0.25, -0.2) is 0 Å². The van der Waals surface area contributed by atoms with Gasteiger partial charge in [0.05, 0.1) is 16.1 Å². The van der Waals surface area contributed by atoms with E-state index >= 15 is 0 Å². The molecule has 4 nitrogen and oxygen atoms in total. The number of anilines is 1. The molecular weight excluding hydrogens is 332 g/mol. The quantitative estimate of drug-likeness (QED) is 0.843. The summed E-state index contributed by atoms with van der Waals surface area (Å²) in [5.74, 6) is 0.613. The van der Waals surface area contributed by atoms with Gasteiger partial charge in [-0.2, -0.15) is 0 Å². The van der Waals surface area contributed by atoms with E-state index in [9.17, 15) is 4.79 Å². The monoisotopic (exact) mass is 350 g/mol. The highest BCUT2D eigenvalue weighted by molar-refractivity contribution is 9.10. The number of alkyl halides is 1. The Hall–Kier alpha value is -1.62. The van der Waals surface area contributed by atoms with E-state index in [1.807, 2.05) is 38.1 Å². The normalized spacial score (nSPS) is 11.7. The fourth-order valence-corrected chi connectivity index (χ4v) is 1.97. The molecule has 0 spiro atoms. The van der Waals surface area contributed by atoms with Crippen molar-refractivity contribution in [2.45, 2.75) is 38.1 Å². The Labute approximate surface area is 133 Å². The molecule has 1 amide bonds. The van der Waals surface area contributed by atoms with E-state index in [1.165, 1.54) is 0 Å². The van der Waals surface area contributed by atoms with Gasteiger partial charge in [0.1, 0.15) is 11.3 Å². The van der Waals surface area contributed by atoms with E-state index in [0.717, 1.165) is 22.3 Å². The van der Waals surface area contributed by atoms with Gasteiger partial charge in [-0.15, -0.1) is 0 Å². The number of halogens is 1. The van der Waals surface area contributed by atoms with Gasteiger partial charge >= 0.3 is 0 Å². The van der Waals surface area contributed by atoms with Crippen molar-refractivity contribution in [2.75, 3.05) is 5.32 Å². The number of ether oxygens (including phenoxy) is 1. The van der Waals surface area contributed by atoms with Crippen LogP contribution in [0.5, 0.6) is 5.75 Å². The molecule has 0 radical (unpaired) electrons. The number of pyridine rings is 1. The van der Waals surface area contributed by atoms with Crippen LogP contribution in [0.25, 0.3) is 10.9 Å². The first-order chi connectivity index (χ1) is 9.79. The largest absolute Gasteiger partial charge is 0.489 e. The van der Waals surface area contributed by atoms with Crippen LogP contribution in [-0.2, 0) is 4.79 Å². The van der Waals surface area contributed by atoms with E-state index in [4.69, 9.17) is 4.74 Å². The summed E-state index contributed by atoms with van der Waals surface area (Å²) in [7, 11) is 0. The van der Waals surface area contributed by atoms with Crippen LogP contribution in [0.3, 0.4) is 0 Å². The molecule has 0 aliphatic rings. The number of hydrogen-bond acceptors (Lipinski definition) is 3. The van der Waals surface area contributed by atoms with Crippen molar-refractivity contribution in [3.05, 3.63) is 30.5 Å². The topological polar surface area (TPSA) is 51.2 Å². The number of fused-ring (bicyclic) bond motifs is 1. The van der Waals surface area contributed by atoms with Gasteiger partial charge in [0.25, 0.3) is 0 Å². The highest BCUT2D eigenvalue weighted by Gasteiger charge is 2.24. The number of amides is 1. The van der Waals surface area contributed by atoms with Gasteiger partial charge < -0.3 is 10.1 Å². The van der Waals surface area contributed by atoms with Crippen LogP contribution >= 0.6 is 15.9 Å². The summed E-state index contributed by atoms with van der Waals surface area (Å²) in [5, 5.41) is 3.79. The first-order valence-corrected chi connectivity index (χ1v) is 7.63. The highest BCUT2D eigenvalue weighted by Crippen LogP contribution is 2.31. The molecule has 1 N–H and O–H groups in total. The second kappa shape index (κ2) is 6.02. The molecule has 21 heavy (non-hydrogen) atoms. The SMILES string of the molecule is CC(C)Oc1ccc(NC(=O)C(C)(C)Br)c2cccnc12. The lowest BCUT2D eigenvalue weighted by molar-refractivity contribution is -0.117. The molecule has 0 bridgehead atoms. The van der Waals surface area contributed by atoms with Gasteiger partial charge in [-0.1, -0.05) is 15.9 Å². The smallest absolute Gasteiger partial charge is 0.240 e. The lowest BCUT2D eigenvalue weighted by Gasteiger charge is -2.18. The maximum atomic E-state index is 12.1. The molecular formula is C16H19BrN2O2. The van der Waals surface area contributed by atoms with E-state index < -0.39 is 4.32 Å². The van der Waals surface area contributed by atoms with Crippen LogP contribution in [0.1, 0.15) is 27.7 Å². The number of nitrogens with zero attached hydrogens (tertiary/aromatic N) is 1. The molecule has 0 atom stereocenters. The third kappa shape index (κ3) is 3.73. The fourth-order valence-electron chi connectivity index (χ4n) is 1.88. The zero-order valence-corrected chi connectivity index (χ0v) is 14.2. The average Bonchev–Trinajstić information content (AvgIpc) is 2.40. The molecule has 5 heteroatoms. The number of nitrogens with one attached hydrogen (secondary N) is 1. The molecule has 0 fully saturated rings. The number of carbonyl (C=O) groups excluding carboxylic acids is 1. The van der Waals surface area contributed by atoms with Crippen LogP contribution in [0.4, 0.5) is 5.69 Å². The van der Waals surface area contributed by atoms with Crippen molar-refractivity contribution in [3.8, 4) is 5.75 Å². The zero-order chi connectivity index (χ0) is 15.6. The van der Waals surface area contributed by atoms with Crippen molar-refractivity contribution < 1.29 is 9.53 Å². The Morgan fingerprint density at radius 3 is 2.67 bits per heavy atom. The summed E-state index contributed by atoms with van der Waals surface area (Å²) in [6, 6.07) is 7.45. The summed E-state index contributed by atoms with van der Waals surface area (Å²) < 4.78 is 5.14. The third-order valence-electron chi connectivity index (χ3n) is 2.88. The molecule has 2 aromatic rings. The minimum atomic E-state index is -0.630. The van der Waals surface area contributed by atoms with Gasteiger partial charge in [0.15, 0.2) is 0 Å². The molecule has 0 unspecified atom stereocenters. The first-order valence-electron chi connectivity index (χ1n) is 6.84. The van der Waals surface area contributed by atoms with Crippen molar-refractivity contribution in [3.63, 3.8) is 0 Å². The van der Waals surface area contributed by atoms with Gasteiger partial charge in [0, 0.05) is 11.6 Å². The summed E-state index contributed by atoms with van der Waals surface area (Å²) in [6.07, 6.45) is 1.78.